The first kappa shape index (κ1) is 42.4. The van der Waals surface area contributed by atoms with Crippen LogP contribution in [0.3, 0.4) is 0 Å². The van der Waals surface area contributed by atoms with E-state index in [1.165, 1.54) is 38.5 Å². The molecule has 0 aromatic carbocycles. The number of hydrogen-bond donors (Lipinski definition) is 4. The van der Waals surface area contributed by atoms with Gasteiger partial charge >= 0.3 is 17.9 Å². The highest BCUT2D eigenvalue weighted by atomic mass is 16.7. The number of nitrogens with zero attached hydrogens (tertiary/aromatic N) is 1. The Morgan fingerprint density at radius 3 is 1.67 bits per heavy atom. The molecule has 0 unspecified atom stereocenters. The van der Waals surface area contributed by atoms with Gasteiger partial charge in [0.25, 0.3) is 11.8 Å². The van der Waals surface area contributed by atoms with Crippen molar-refractivity contribution in [3.8, 4) is 0 Å². The quantitative estimate of drug-likeness (QED) is 0.0610. The highest BCUT2D eigenvalue weighted by Gasteiger charge is 2.32. The Labute approximate surface area is 282 Å². The lowest BCUT2D eigenvalue weighted by atomic mass is 10.0. The number of carboxylic acids is 2. The third-order valence-corrected chi connectivity index (χ3v) is 7.70. The normalized spacial score (nSPS) is 13.4. The number of hydroxylamine groups is 2. The van der Waals surface area contributed by atoms with Crippen LogP contribution in [0, 0.1) is 0 Å². The van der Waals surface area contributed by atoms with E-state index in [-0.39, 0.29) is 76.7 Å². The number of unbranched alkanes of at least 4 members (excludes halogenated alkanes) is 13. The van der Waals surface area contributed by atoms with Crippen LogP contribution < -0.4 is 10.6 Å². The highest BCUT2D eigenvalue weighted by molar-refractivity contribution is 6.01. The molecule has 0 saturated carbocycles. The van der Waals surface area contributed by atoms with Gasteiger partial charge in [0.05, 0.1) is 19.8 Å². The second-order valence-corrected chi connectivity index (χ2v) is 11.9. The van der Waals surface area contributed by atoms with E-state index in [2.05, 4.69) is 15.5 Å². The standard InChI is InChI=1S/C33H55N3O12/c37-27(34-21-22-46-23-24-47-25-32(43)48-36-29(39)19-20-30(36)40)18-17-26(33(44)45)35-28(38)15-13-11-9-7-5-3-1-2-4-6-8-10-12-14-16-31(41)42/h26H,1-25H2,(H,34,37)(H,35,38)(H,41,42)(H,44,45)/t26-/m0/s1. The number of aliphatic carboxylic acids is 2. The molecule has 0 aromatic heterocycles. The van der Waals surface area contributed by atoms with E-state index in [0.717, 1.165) is 44.9 Å². The van der Waals surface area contributed by atoms with Crippen LogP contribution in [0.2, 0.25) is 0 Å². The largest absolute Gasteiger partial charge is 0.481 e. The van der Waals surface area contributed by atoms with Crippen molar-refractivity contribution in [1.82, 2.24) is 15.7 Å². The average molecular weight is 686 g/mol. The van der Waals surface area contributed by atoms with E-state index in [1.54, 1.807) is 0 Å². The summed E-state index contributed by atoms with van der Waals surface area (Å²) in [6.07, 6.45) is 15.4. The van der Waals surface area contributed by atoms with E-state index in [9.17, 15) is 38.7 Å². The van der Waals surface area contributed by atoms with Gasteiger partial charge in [-0.3, -0.25) is 24.0 Å². The summed E-state index contributed by atoms with van der Waals surface area (Å²) in [6.45, 7) is -0.00603. The molecule has 0 aliphatic carbocycles. The first-order chi connectivity index (χ1) is 23.1. The van der Waals surface area contributed by atoms with Crippen LogP contribution in [0.15, 0.2) is 0 Å². The molecule has 4 amide bonds. The third kappa shape index (κ3) is 22.9. The Morgan fingerprint density at radius 1 is 0.646 bits per heavy atom. The summed E-state index contributed by atoms with van der Waals surface area (Å²) in [7, 11) is 0. The van der Waals surface area contributed by atoms with Gasteiger partial charge < -0.3 is 35.2 Å². The van der Waals surface area contributed by atoms with Crippen molar-refractivity contribution in [3.05, 3.63) is 0 Å². The van der Waals surface area contributed by atoms with Gasteiger partial charge in [0, 0.05) is 38.6 Å². The molecule has 15 nitrogen and oxygen atoms in total. The number of ether oxygens (including phenoxy) is 2. The molecule has 274 valence electrons. The van der Waals surface area contributed by atoms with Crippen LogP contribution in [0.25, 0.3) is 0 Å². The Morgan fingerprint density at radius 2 is 1.15 bits per heavy atom. The summed E-state index contributed by atoms with van der Waals surface area (Å²) in [4.78, 5) is 85.5. The van der Waals surface area contributed by atoms with Crippen molar-refractivity contribution in [2.45, 2.75) is 134 Å². The predicted molar refractivity (Wildman–Crippen MR) is 172 cm³/mol. The average Bonchev–Trinajstić information content (AvgIpc) is 3.35. The predicted octanol–water partition coefficient (Wildman–Crippen LogP) is 3.42. The zero-order valence-electron chi connectivity index (χ0n) is 28.2. The zero-order chi connectivity index (χ0) is 35.4. The number of nitrogens with one attached hydrogen (secondary N) is 2. The third-order valence-electron chi connectivity index (χ3n) is 7.70. The van der Waals surface area contributed by atoms with Crippen molar-refractivity contribution in [3.63, 3.8) is 0 Å². The molecule has 0 spiro atoms. The number of carbonyl (C=O) groups is 7. The molecule has 1 heterocycles. The number of hydrogen-bond acceptors (Lipinski definition) is 10. The van der Waals surface area contributed by atoms with Gasteiger partial charge in [0.15, 0.2) is 0 Å². The fourth-order valence-electron chi connectivity index (χ4n) is 4.99. The van der Waals surface area contributed by atoms with E-state index >= 15 is 0 Å². The molecule has 4 N–H and O–H groups in total. The molecule has 15 heteroatoms. The Kier molecular flexibility index (Phi) is 24.2. The van der Waals surface area contributed by atoms with Gasteiger partial charge in [0.2, 0.25) is 11.8 Å². The summed E-state index contributed by atoms with van der Waals surface area (Å²) in [5.74, 6) is -4.68. The van der Waals surface area contributed by atoms with Crippen LogP contribution in [-0.2, 0) is 47.9 Å². The van der Waals surface area contributed by atoms with E-state index in [1.807, 2.05) is 0 Å². The van der Waals surface area contributed by atoms with Crippen molar-refractivity contribution in [2.24, 2.45) is 0 Å². The molecule has 1 atom stereocenters. The van der Waals surface area contributed by atoms with E-state index < -0.39 is 42.4 Å². The summed E-state index contributed by atoms with van der Waals surface area (Å²) in [6, 6.07) is -1.15. The lowest BCUT2D eigenvalue weighted by Gasteiger charge is -2.14. The van der Waals surface area contributed by atoms with Crippen molar-refractivity contribution in [1.29, 1.82) is 0 Å². The zero-order valence-corrected chi connectivity index (χ0v) is 28.2. The Hall–Kier alpha value is -3.59. The lowest BCUT2D eigenvalue weighted by molar-refractivity contribution is -0.200. The van der Waals surface area contributed by atoms with Crippen molar-refractivity contribution in [2.75, 3.05) is 33.0 Å². The molecule has 1 rings (SSSR count). The van der Waals surface area contributed by atoms with Gasteiger partial charge in [-0.05, 0) is 19.3 Å². The van der Waals surface area contributed by atoms with Crippen LogP contribution in [0.5, 0.6) is 0 Å². The molecule has 0 radical (unpaired) electrons. The van der Waals surface area contributed by atoms with Gasteiger partial charge in [0.1, 0.15) is 12.6 Å². The monoisotopic (exact) mass is 685 g/mol. The van der Waals surface area contributed by atoms with E-state index in [4.69, 9.17) is 14.6 Å². The minimum Gasteiger partial charge on any atom is -0.481 e. The maximum atomic E-state index is 12.2. The van der Waals surface area contributed by atoms with Gasteiger partial charge in [-0.2, -0.15) is 0 Å². The van der Waals surface area contributed by atoms with Crippen molar-refractivity contribution < 1.29 is 58.1 Å². The van der Waals surface area contributed by atoms with Gasteiger partial charge in [-0.25, -0.2) is 9.59 Å². The Balaban J connectivity index is 1.96. The minimum atomic E-state index is -1.20. The molecule has 1 fully saturated rings. The molecule has 1 saturated heterocycles. The van der Waals surface area contributed by atoms with Crippen LogP contribution >= 0.6 is 0 Å². The maximum Gasteiger partial charge on any atom is 0.358 e. The van der Waals surface area contributed by atoms with Gasteiger partial charge in [-0.15, -0.1) is 5.06 Å². The molecule has 0 aromatic rings. The highest BCUT2D eigenvalue weighted by Crippen LogP contribution is 2.14. The smallest absolute Gasteiger partial charge is 0.358 e. The second-order valence-electron chi connectivity index (χ2n) is 11.9. The number of imide groups is 1. The van der Waals surface area contributed by atoms with Crippen LogP contribution in [0.1, 0.15) is 128 Å². The second kappa shape index (κ2) is 27.4. The molecular formula is C33H55N3O12. The number of carbonyl (C=O) groups excluding carboxylic acids is 5. The first-order valence-corrected chi connectivity index (χ1v) is 17.3. The first-order valence-electron chi connectivity index (χ1n) is 17.3. The summed E-state index contributed by atoms with van der Waals surface area (Å²) >= 11 is 0. The lowest BCUT2D eigenvalue weighted by Crippen LogP contribution is -2.41. The molecule has 1 aliphatic rings. The number of carboxylic acid groups (broad SMARTS) is 2. The number of amides is 4. The SMILES string of the molecule is O=C(O)CCCCCCCCCCCCCCCCC(=O)N[C@@H](CCC(=O)NCCOCCOCC(=O)ON1C(=O)CCC1=O)C(=O)O. The molecule has 1 aliphatic heterocycles. The maximum absolute atomic E-state index is 12.2. The Bertz CT molecular complexity index is 990. The van der Waals surface area contributed by atoms with Crippen molar-refractivity contribution >= 4 is 41.5 Å². The van der Waals surface area contributed by atoms with Crippen LogP contribution in [-0.4, -0.2) is 95.8 Å². The molecule has 48 heavy (non-hydrogen) atoms. The fraction of sp³-hybridized carbons (Fsp3) is 0.788. The summed E-state index contributed by atoms with van der Waals surface area (Å²) in [5, 5.41) is 23.6. The minimum absolute atomic E-state index is 0.000556. The number of rotatable bonds is 31. The fourth-order valence-corrected chi connectivity index (χ4v) is 4.99. The molecular weight excluding hydrogens is 630 g/mol. The van der Waals surface area contributed by atoms with Gasteiger partial charge in [-0.1, -0.05) is 77.0 Å². The topological polar surface area (TPSA) is 215 Å². The summed E-state index contributed by atoms with van der Waals surface area (Å²) < 4.78 is 10.4. The summed E-state index contributed by atoms with van der Waals surface area (Å²) in [5.41, 5.74) is 0. The molecule has 0 bridgehead atoms. The van der Waals surface area contributed by atoms with Crippen LogP contribution in [0.4, 0.5) is 0 Å². The van der Waals surface area contributed by atoms with E-state index in [0.29, 0.717) is 11.5 Å².